The fourth-order valence-electron chi connectivity index (χ4n) is 5.85. The Labute approximate surface area is 95.6 Å². The number of fused-ring (bicyclic) bond motifs is 9. The van der Waals surface area contributed by atoms with E-state index in [-0.39, 0.29) is 6.04 Å². The van der Waals surface area contributed by atoms with Crippen LogP contribution in [0.25, 0.3) is 0 Å². The van der Waals surface area contributed by atoms with Crippen LogP contribution in [0.3, 0.4) is 0 Å². The van der Waals surface area contributed by atoms with Crippen molar-refractivity contribution in [1.29, 1.82) is 0 Å². The normalized spacial score (nSPS) is 57.6. The second-order valence-corrected chi connectivity index (χ2v) is 6.34. The zero-order valence-electron chi connectivity index (χ0n) is 9.42. The first-order chi connectivity index (χ1) is 7.79. The summed E-state index contributed by atoms with van der Waals surface area (Å²) in [6.45, 7) is 0. The number of nitrogens with two attached hydrogens (primary N) is 1. The fraction of sp³-hybridized carbons (Fsp3) is 1.00. The minimum Gasteiger partial charge on any atom is -0.760 e. The lowest BCUT2D eigenvalue weighted by atomic mass is 9.69. The first-order valence-corrected chi connectivity index (χ1v) is 6.63. The molecular weight excluding hydrogens is 204 g/mol. The molecule has 4 bridgehead atoms. The number of hydrogen-bond donors (Lipinski definition) is 1. The Kier molecular flexibility index (Phi) is 1.96. The van der Waals surface area contributed by atoms with Gasteiger partial charge >= 0.3 is 0 Å². The molecule has 4 aliphatic carbocycles. The lowest BCUT2D eigenvalue weighted by Gasteiger charge is -2.43. The topological polar surface area (TPSA) is 61.5 Å². The molecule has 4 aliphatic rings. The SMILES string of the molecule is NON([O-])C1CC2CC1C1C3CCC(C3)C21. The Morgan fingerprint density at radius 1 is 1.00 bits per heavy atom. The lowest BCUT2D eigenvalue weighted by molar-refractivity contribution is -0.171. The highest BCUT2D eigenvalue weighted by atomic mass is 16.9. The van der Waals surface area contributed by atoms with Crippen LogP contribution < -0.4 is 5.90 Å². The van der Waals surface area contributed by atoms with Crippen LogP contribution in [-0.4, -0.2) is 11.3 Å². The molecule has 16 heavy (non-hydrogen) atoms. The van der Waals surface area contributed by atoms with Crippen LogP contribution in [0.2, 0.25) is 0 Å². The molecule has 0 aromatic carbocycles. The third-order valence-electron chi connectivity index (χ3n) is 6.07. The molecule has 0 radical (unpaired) electrons. The third-order valence-corrected chi connectivity index (χ3v) is 6.07. The predicted molar refractivity (Wildman–Crippen MR) is 58.3 cm³/mol. The van der Waals surface area contributed by atoms with Crippen molar-refractivity contribution in [3.63, 3.8) is 0 Å². The Hall–Kier alpha value is -0.160. The molecule has 0 aromatic rings. The zero-order valence-corrected chi connectivity index (χ0v) is 9.42. The van der Waals surface area contributed by atoms with Gasteiger partial charge in [-0.2, -0.15) is 5.90 Å². The summed E-state index contributed by atoms with van der Waals surface area (Å²) >= 11 is 0. The summed E-state index contributed by atoms with van der Waals surface area (Å²) in [6.07, 6.45) is 6.58. The van der Waals surface area contributed by atoms with E-state index in [9.17, 15) is 5.21 Å². The van der Waals surface area contributed by atoms with Crippen molar-refractivity contribution in [2.24, 2.45) is 41.4 Å². The minimum absolute atomic E-state index is 0.0515. The Balaban J connectivity index is 1.61. The van der Waals surface area contributed by atoms with Crippen LogP contribution in [-0.2, 0) is 4.94 Å². The molecule has 0 amide bonds. The highest BCUT2D eigenvalue weighted by molar-refractivity contribution is 5.12. The van der Waals surface area contributed by atoms with Crippen LogP contribution in [0.5, 0.6) is 0 Å². The highest BCUT2D eigenvalue weighted by Crippen LogP contribution is 2.67. The van der Waals surface area contributed by atoms with Gasteiger partial charge in [0.1, 0.15) is 0 Å². The highest BCUT2D eigenvalue weighted by Gasteiger charge is 2.62. The molecule has 90 valence electrons. The molecule has 0 saturated heterocycles. The van der Waals surface area contributed by atoms with E-state index < -0.39 is 0 Å². The van der Waals surface area contributed by atoms with E-state index in [2.05, 4.69) is 4.94 Å². The number of nitrogens with zero attached hydrogens (tertiary/aromatic N) is 1. The summed E-state index contributed by atoms with van der Waals surface area (Å²) in [4.78, 5) is 4.39. The van der Waals surface area contributed by atoms with Gasteiger partial charge in [-0.15, -0.1) is 0 Å². The van der Waals surface area contributed by atoms with Crippen molar-refractivity contribution in [2.45, 2.75) is 38.1 Å². The largest absolute Gasteiger partial charge is 0.760 e. The zero-order chi connectivity index (χ0) is 10.9. The van der Waals surface area contributed by atoms with Crippen LogP contribution >= 0.6 is 0 Å². The van der Waals surface area contributed by atoms with Crippen LogP contribution in [0.15, 0.2) is 0 Å². The van der Waals surface area contributed by atoms with E-state index in [1.807, 2.05) is 0 Å². The lowest BCUT2D eigenvalue weighted by Crippen LogP contribution is -2.43. The third kappa shape index (κ3) is 1.04. The second-order valence-electron chi connectivity index (χ2n) is 6.34. The molecule has 4 saturated carbocycles. The van der Waals surface area contributed by atoms with Gasteiger partial charge < -0.3 is 5.21 Å². The maximum Gasteiger partial charge on any atom is 0.0272 e. The molecule has 0 heterocycles. The number of hydroxylamine groups is 2. The van der Waals surface area contributed by atoms with Gasteiger partial charge in [-0.25, -0.2) is 10.2 Å². The molecule has 4 fully saturated rings. The summed E-state index contributed by atoms with van der Waals surface area (Å²) in [5.74, 6) is 10.1. The smallest absolute Gasteiger partial charge is 0.0272 e. The molecular formula is C12H19N2O2-. The van der Waals surface area contributed by atoms with Crippen molar-refractivity contribution in [1.82, 2.24) is 5.23 Å². The summed E-state index contributed by atoms with van der Waals surface area (Å²) in [5.41, 5.74) is 0. The predicted octanol–water partition coefficient (Wildman–Crippen LogP) is 1.66. The van der Waals surface area contributed by atoms with E-state index >= 15 is 0 Å². The summed E-state index contributed by atoms with van der Waals surface area (Å²) in [5, 5.41) is 12.2. The Morgan fingerprint density at radius 3 is 2.50 bits per heavy atom. The standard InChI is InChI=1S/C12H19N2O2/c13-16-14(15)10-5-8-4-9(10)12-7-2-1-6(3-7)11(8)12/h6-12H,1-5,13H2/q-1. The molecule has 0 aromatic heterocycles. The van der Waals surface area contributed by atoms with Gasteiger partial charge in [0.2, 0.25) is 0 Å². The van der Waals surface area contributed by atoms with Gasteiger partial charge in [-0.3, -0.25) is 0 Å². The quantitative estimate of drug-likeness (QED) is 0.571. The number of rotatable bonds is 2. The van der Waals surface area contributed by atoms with Crippen LogP contribution in [0.1, 0.15) is 32.1 Å². The number of hydrogen-bond acceptors (Lipinski definition) is 4. The molecule has 7 unspecified atom stereocenters. The van der Waals surface area contributed by atoms with Gasteiger partial charge in [-0.1, -0.05) is 0 Å². The molecule has 0 spiro atoms. The molecule has 0 aliphatic heterocycles. The molecule has 7 atom stereocenters. The Bertz CT molecular complexity index is 311. The van der Waals surface area contributed by atoms with Gasteiger partial charge in [0.15, 0.2) is 0 Å². The van der Waals surface area contributed by atoms with E-state index in [1.165, 1.54) is 25.7 Å². The van der Waals surface area contributed by atoms with Crippen molar-refractivity contribution in [3.8, 4) is 0 Å². The first-order valence-electron chi connectivity index (χ1n) is 6.63. The average molecular weight is 223 g/mol. The monoisotopic (exact) mass is 223 g/mol. The fourth-order valence-corrected chi connectivity index (χ4v) is 5.85. The summed E-state index contributed by atoms with van der Waals surface area (Å²) in [7, 11) is 0. The van der Waals surface area contributed by atoms with Crippen molar-refractivity contribution in [3.05, 3.63) is 5.21 Å². The van der Waals surface area contributed by atoms with Crippen molar-refractivity contribution < 1.29 is 4.94 Å². The van der Waals surface area contributed by atoms with Crippen molar-refractivity contribution in [2.75, 3.05) is 0 Å². The molecule has 4 rings (SSSR count). The average Bonchev–Trinajstić information content (AvgIpc) is 3.03. The molecule has 4 nitrogen and oxygen atoms in total. The van der Waals surface area contributed by atoms with Crippen LogP contribution in [0.4, 0.5) is 0 Å². The van der Waals surface area contributed by atoms with Gasteiger partial charge in [0.05, 0.1) is 0 Å². The van der Waals surface area contributed by atoms with Gasteiger partial charge in [-0.05, 0) is 67.6 Å². The van der Waals surface area contributed by atoms with Gasteiger partial charge in [0.25, 0.3) is 0 Å². The summed E-state index contributed by atoms with van der Waals surface area (Å²) < 4.78 is 0. The minimum atomic E-state index is 0.0515. The Morgan fingerprint density at radius 2 is 1.75 bits per heavy atom. The van der Waals surface area contributed by atoms with Crippen molar-refractivity contribution >= 4 is 0 Å². The van der Waals surface area contributed by atoms with E-state index in [4.69, 9.17) is 5.90 Å². The second kappa shape index (κ2) is 3.19. The maximum atomic E-state index is 11.6. The maximum absolute atomic E-state index is 11.6. The van der Waals surface area contributed by atoms with E-state index in [1.54, 1.807) is 0 Å². The summed E-state index contributed by atoms with van der Waals surface area (Å²) in [6, 6.07) is 0.0515. The van der Waals surface area contributed by atoms with Crippen LogP contribution in [0, 0.1) is 40.7 Å². The van der Waals surface area contributed by atoms with E-state index in [0.29, 0.717) is 11.1 Å². The van der Waals surface area contributed by atoms with Gasteiger partial charge in [0, 0.05) is 6.04 Å². The molecule has 2 N–H and O–H groups in total. The van der Waals surface area contributed by atoms with E-state index in [0.717, 1.165) is 36.0 Å². The first kappa shape index (κ1) is 9.83. The molecule has 4 heteroatoms.